The molecule has 4 rings (SSSR count). The molecule has 1 unspecified atom stereocenters. The summed E-state index contributed by atoms with van der Waals surface area (Å²) in [6.45, 7) is 5.36. The number of carbonyl (C=O) groups excluding carboxylic acids is 2. The summed E-state index contributed by atoms with van der Waals surface area (Å²) in [6, 6.07) is 26.2. The lowest BCUT2D eigenvalue weighted by molar-refractivity contribution is -0.140. The molecule has 0 radical (unpaired) electrons. The molecule has 1 N–H and O–H groups in total. The molecule has 2 amide bonds. The molecule has 0 aromatic heterocycles. The molecule has 48 heavy (non-hydrogen) atoms. The van der Waals surface area contributed by atoms with Gasteiger partial charge in [-0.2, -0.15) is 0 Å². The standard InChI is InChI=1S/C36H39Cl2N3O5S2/c1-5-46-29-14-12-28(13-15-29)41(48(44,45)31-18-16-30(47-4)17-19-31)24-35(42)40(23-27-11-20-32(37)33(38)21-27)34(36(43)39-25(2)3)22-26-9-7-6-8-10-26/h6-21,25,34H,5,22-24H2,1-4H3,(H,39,43). The molecule has 0 saturated heterocycles. The van der Waals surface area contributed by atoms with Gasteiger partial charge in [0.25, 0.3) is 10.0 Å². The highest BCUT2D eigenvalue weighted by Gasteiger charge is 2.35. The highest BCUT2D eigenvalue weighted by molar-refractivity contribution is 7.98. The Morgan fingerprint density at radius 2 is 1.54 bits per heavy atom. The fourth-order valence-electron chi connectivity index (χ4n) is 5.05. The van der Waals surface area contributed by atoms with Crippen LogP contribution in [0.3, 0.4) is 0 Å². The van der Waals surface area contributed by atoms with E-state index in [1.807, 2.05) is 57.4 Å². The SMILES string of the molecule is CCOc1ccc(N(CC(=O)N(Cc2ccc(Cl)c(Cl)c2)C(Cc2ccccc2)C(=O)NC(C)C)S(=O)(=O)c2ccc(SC)cc2)cc1. The second-order valence-electron chi connectivity index (χ2n) is 11.3. The van der Waals surface area contributed by atoms with Gasteiger partial charge in [0.2, 0.25) is 11.8 Å². The monoisotopic (exact) mass is 727 g/mol. The Hall–Kier alpha value is -3.70. The molecular formula is C36H39Cl2N3O5S2. The minimum absolute atomic E-state index is 0.0244. The summed E-state index contributed by atoms with van der Waals surface area (Å²) in [5.41, 5.74) is 1.72. The smallest absolute Gasteiger partial charge is 0.264 e. The quantitative estimate of drug-likeness (QED) is 0.128. The van der Waals surface area contributed by atoms with Crippen LogP contribution in [-0.2, 0) is 32.6 Å². The number of hydrogen-bond donors (Lipinski definition) is 1. The predicted octanol–water partition coefficient (Wildman–Crippen LogP) is 7.47. The zero-order valence-electron chi connectivity index (χ0n) is 27.2. The highest BCUT2D eigenvalue weighted by atomic mass is 35.5. The van der Waals surface area contributed by atoms with Gasteiger partial charge in [0.15, 0.2) is 0 Å². The number of nitrogens with zero attached hydrogens (tertiary/aromatic N) is 2. The summed E-state index contributed by atoms with van der Waals surface area (Å²) in [7, 11) is -4.25. The van der Waals surface area contributed by atoms with E-state index in [1.54, 1.807) is 54.6 Å². The third-order valence-corrected chi connectivity index (χ3v) is 10.7. The van der Waals surface area contributed by atoms with Gasteiger partial charge in [0, 0.05) is 23.9 Å². The van der Waals surface area contributed by atoms with Crippen LogP contribution in [-0.4, -0.2) is 56.6 Å². The van der Waals surface area contributed by atoms with Gasteiger partial charge in [-0.1, -0.05) is 59.6 Å². The van der Waals surface area contributed by atoms with Gasteiger partial charge in [-0.3, -0.25) is 13.9 Å². The Morgan fingerprint density at radius 1 is 0.875 bits per heavy atom. The molecule has 0 aliphatic carbocycles. The molecular weight excluding hydrogens is 689 g/mol. The van der Waals surface area contributed by atoms with Crippen molar-refractivity contribution in [3.8, 4) is 5.75 Å². The van der Waals surface area contributed by atoms with E-state index in [0.29, 0.717) is 28.0 Å². The molecule has 0 bridgehead atoms. The van der Waals surface area contributed by atoms with Gasteiger partial charge in [-0.05, 0) is 98.8 Å². The van der Waals surface area contributed by atoms with E-state index in [1.165, 1.54) is 28.8 Å². The van der Waals surface area contributed by atoms with Crippen LogP contribution < -0.4 is 14.4 Å². The zero-order valence-corrected chi connectivity index (χ0v) is 30.4. The number of sulfonamides is 1. The Morgan fingerprint density at radius 3 is 2.12 bits per heavy atom. The predicted molar refractivity (Wildman–Crippen MR) is 195 cm³/mol. The first kappa shape index (κ1) is 37.1. The minimum atomic E-state index is -4.25. The maximum atomic E-state index is 14.6. The summed E-state index contributed by atoms with van der Waals surface area (Å²) in [5, 5.41) is 3.58. The summed E-state index contributed by atoms with van der Waals surface area (Å²) in [5.74, 6) is -0.395. The molecule has 0 saturated carbocycles. The number of ether oxygens (including phenoxy) is 1. The van der Waals surface area contributed by atoms with Crippen LogP contribution in [0, 0.1) is 0 Å². The van der Waals surface area contributed by atoms with E-state index in [0.717, 1.165) is 14.8 Å². The lowest BCUT2D eigenvalue weighted by Gasteiger charge is -2.34. The van der Waals surface area contributed by atoms with Crippen LogP contribution in [0.2, 0.25) is 10.0 Å². The van der Waals surface area contributed by atoms with Crippen LogP contribution in [0.4, 0.5) is 5.69 Å². The second-order valence-corrected chi connectivity index (χ2v) is 14.8. The van der Waals surface area contributed by atoms with Crippen molar-refractivity contribution in [2.45, 2.75) is 55.6 Å². The topological polar surface area (TPSA) is 96.0 Å². The van der Waals surface area contributed by atoms with Crippen molar-refractivity contribution in [1.29, 1.82) is 0 Å². The number of nitrogens with one attached hydrogen (secondary N) is 1. The summed E-state index contributed by atoms with van der Waals surface area (Å²) < 4.78 is 35.2. The fraction of sp³-hybridized carbons (Fsp3) is 0.278. The molecule has 12 heteroatoms. The fourth-order valence-corrected chi connectivity index (χ4v) is 7.19. The van der Waals surface area contributed by atoms with Crippen molar-refractivity contribution in [2.75, 3.05) is 23.7 Å². The molecule has 0 fully saturated rings. The number of carbonyl (C=O) groups is 2. The van der Waals surface area contributed by atoms with Crippen LogP contribution >= 0.6 is 35.0 Å². The van der Waals surface area contributed by atoms with Gasteiger partial charge in [-0.25, -0.2) is 8.42 Å². The van der Waals surface area contributed by atoms with Gasteiger partial charge in [0.1, 0.15) is 18.3 Å². The van der Waals surface area contributed by atoms with Gasteiger partial charge in [0.05, 0.1) is 27.2 Å². The molecule has 0 aliphatic rings. The average Bonchev–Trinajstić information content (AvgIpc) is 3.07. The summed E-state index contributed by atoms with van der Waals surface area (Å²) in [4.78, 5) is 30.8. The number of hydrogen-bond acceptors (Lipinski definition) is 6. The maximum absolute atomic E-state index is 14.6. The molecule has 0 spiro atoms. The van der Waals surface area contributed by atoms with Gasteiger partial charge in [-0.15, -0.1) is 11.8 Å². The van der Waals surface area contributed by atoms with Crippen molar-refractivity contribution in [3.05, 3.63) is 118 Å². The third kappa shape index (κ3) is 9.69. The molecule has 4 aromatic rings. The van der Waals surface area contributed by atoms with Crippen LogP contribution in [0.15, 0.2) is 107 Å². The Bertz CT molecular complexity index is 1790. The molecule has 8 nitrogen and oxygen atoms in total. The summed E-state index contributed by atoms with van der Waals surface area (Å²) >= 11 is 14.0. The lowest BCUT2D eigenvalue weighted by Crippen LogP contribution is -2.54. The van der Waals surface area contributed by atoms with Crippen molar-refractivity contribution < 1.29 is 22.7 Å². The van der Waals surface area contributed by atoms with Crippen LogP contribution in [0.5, 0.6) is 5.75 Å². The van der Waals surface area contributed by atoms with E-state index in [2.05, 4.69) is 5.32 Å². The number of amides is 2. The van der Waals surface area contributed by atoms with Crippen LogP contribution in [0.25, 0.3) is 0 Å². The average molecular weight is 729 g/mol. The maximum Gasteiger partial charge on any atom is 0.264 e. The molecule has 4 aromatic carbocycles. The number of thioether (sulfide) groups is 1. The van der Waals surface area contributed by atoms with Crippen molar-refractivity contribution in [1.82, 2.24) is 10.2 Å². The Labute approximate surface area is 297 Å². The first-order chi connectivity index (χ1) is 22.9. The Balaban J connectivity index is 1.82. The van der Waals surface area contributed by atoms with Crippen LogP contribution in [0.1, 0.15) is 31.9 Å². The minimum Gasteiger partial charge on any atom is -0.494 e. The van der Waals surface area contributed by atoms with E-state index >= 15 is 0 Å². The largest absolute Gasteiger partial charge is 0.494 e. The summed E-state index contributed by atoms with van der Waals surface area (Å²) in [6.07, 6.45) is 2.09. The number of anilines is 1. The molecule has 0 aliphatic heterocycles. The van der Waals surface area contributed by atoms with Gasteiger partial charge >= 0.3 is 0 Å². The molecule has 0 heterocycles. The van der Waals surface area contributed by atoms with Gasteiger partial charge < -0.3 is 15.0 Å². The zero-order chi connectivity index (χ0) is 34.8. The first-order valence-corrected chi connectivity index (χ1v) is 18.8. The van der Waals surface area contributed by atoms with E-state index in [-0.39, 0.29) is 35.5 Å². The highest BCUT2D eigenvalue weighted by Crippen LogP contribution is 2.29. The Kier molecular flexibility index (Phi) is 13.2. The molecule has 1 atom stereocenters. The third-order valence-electron chi connectivity index (χ3n) is 7.40. The lowest BCUT2D eigenvalue weighted by atomic mass is 10.0. The normalized spacial score (nSPS) is 12.0. The number of rotatable bonds is 15. The van der Waals surface area contributed by atoms with Crippen molar-refractivity contribution in [3.63, 3.8) is 0 Å². The van der Waals surface area contributed by atoms with E-state index in [9.17, 15) is 18.0 Å². The number of benzene rings is 4. The number of halogens is 2. The van der Waals surface area contributed by atoms with E-state index in [4.69, 9.17) is 27.9 Å². The van der Waals surface area contributed by atoms with Crippen molar-refractivity contribution >= 4 is 62.5 Å². The second kappa shape index (κ2) is 17.1. The first-order valence-electron chi connectivity index (χ1n) is 15.4. The van der Waals surface area contributed by atoms with Crippen molar-refractivity contribution in [2.24, 2.45) is 0 Å². The molecule has 254 valence electrons. The van der Waals surface area contributed by atoms with E-state index < -0.39 is 28.5 Å².